The average molecular weight is 200 g/mol. The van der Waals surface area contributed by atoms with Crippen molar-refractivity contribution >= 4 is 17.1 Å². The lowest BCUT2D eigenvalue weighted by Crippen LogP contribution is -2.15. The number of hydrogen-bond donors (Lipinski definition) is 0. The zero-order valence-electron chi connectivity index (χ0n) is 7.54. The Morgan fingerprint density at radius 3 is 2.54 bits per heavy atom. The van der Waals surface area contributed by atoms with Gasteiger partial charge < -0.3 is 9.29 Å². The molecule has 0 aromatic rings. The summed E-state index contributed by atoms with van der Waals surface area (Å²) in [5, 5.41) is 0. The Labute approximate surface area is 81.0 Å². The van der Waals surface area contributed by atoms with Gasteiger partial charge in [-0.15, -0.1) is 0 Å². The van der Waals surface area contributed by atoms with E-state index in [1.54, 1.807) is 6.92 Å². The maximum atomic E-state index is 11.2. The molecule has 0 saturated heterocycles. The predicted molar refractivity (Wildman–Crippen MR) is 53.3 cm³/mol. The van der Waals surface area contributed by atoms with Crippen molar-refractivity contribution < 1.29 is 14.1 Å². The summed E-state index contributed by atoms with van der Waals surface area (Å²) < 4.78 is 15.9. The molecular weight excluding hydrogens is 188 g/mol. The molecule has 0 N–H and O–H groups in total. The van der Waals surface area contributed by atoms with Gasteiger partial charge in [-0.3, -0.25) is 0 Å². The van der Waals surface area contributed by atoms with Gasteiger partial charge in [0.2, 0.25) is 4.91 Å². The van der Waals surface area contributed by atoms with E-state index in [-0.39, 0.29) is 11.5 Å². The second-order valence-corrected chi connectivity index (χ2v) is 4.01. The quantitative estimate of drug-likeness (QED) is 0.292. The number of hydrogen-bond acceptors (Lipinski definition) is 3. The molecule has 13 heavy (non-hydrogen) atoms. The molecule has 0 saturated carbocycles. The molecule has 1 unspecified atom stereocenters. The first-order valence-electron chi connectivity index (χ1n) is 3.55. The van der Waals surface area contributed by atoms with Gasteiger partial charge >= 0.3 is 5.97 Å². The highest BCUT2D eigenvalue weighted by Crippen LogP contribution is 2.14. The zero-order valence-corrected chi connectivity index (χ0v) is 8.36. The van der Waals surface area contributed by atoms with Gasteiger partial charge in [-0.2, -0.15) is 0 Å². The van der Waals surface area contributed by atoms with E-state index in [9.17, 15) is 9.35 Å². The maximum Gasteiger partial charge on any atom is 0.386 e. The number of ether oxygens (including phenoxy) is 1. The molecule has 1 atom stereocenters. The summed E-state index contributed by atoms with van der Waals surface area (Å²) in [6.45, 7) is 11.8. The standard InChI is InChI=1S/C9H12O3S/c1-5-6-12-9(10)8(4)13(11)7(2)3/h5H,1-2,4,6H2,3H3. The van der Waals surface area contributed by atoms with E-state index in [1.165, 1.54) is 6.08 Å². The van der Waals surface area contributed by atoms with E-state index in [1.807, 2.05) is 0 Å². The number of esters is 1. The molecule has 0 spiro atoms. The summed E-state index contributed by atoms with van der Waals surface area (Å²) in [7, 11) is 0. The largest absolute Gasteiger partial charge is 0.607 e. The van der Waals surface area contributed by atoms with Crippen LogP contribution >= 0.6 is 0 Å². The molecule has 0 rings (SSSR count). The number of rotatable bonds is 5. The minimum Gasteiger partial charge on any atom is -0.607 e. The van der Waals surface area contributed by atoms with Gasteiger partial charge in [0.15, 0.2) is 0 Å². The fourth-order valence-electron chi connectivity index (χ4n) is 0.501. The lowest BCUT2D eigenvalue weighted by atomic mass is 10.6. The van der Waals surface area contributed by atoms with Crippen LogP contribution < -0.4 is 0 Å². The zero-order chi connectivity index (χ0) is 10.4. The highest BCUT2D eigenvalue weighted by molar-refractivity contribution is 7.99. The Kier molecular flexibility index (Phi) is 5.18. The number of carbonyl (C=O) groups is 1. The fourth-order valence-corrected chi connectivity index (χ4v) is 1.13. The number of allylic oxidation sites excluding steroid dienone is 1. The summed E-state index contributed by atoms with van der Waals surface area (Å²) in [4.78, 5) is 11.3. The van der Waals surface area contributed by atoms with Crippen LogP contribution in [-0.4, -0.2) is 17.1 Å². The average Bonchev–Trinajstić information content (AvgIpc) is 2.11. The minimum atomic E-state index is -1.55. The molecule has 4 heteroatoms. The summed E-state index contributed by atoms with van der Waals surface area (Å²) in [6.07, 6.45) is 1.43. The smallest absolute Gasteiger partial charge is 0.386 e. The van der Waals surface area contributed by atoms with E-state index in [4.69, 9.17) is 0 Å². The van der Waals surface area contributed by atoms with Crippen LogP contribution in [0.4, 0.5) is 0 Å². The van der Waals surface area contributed by atoms with Gasteiger partial charge in [0.1, 0.15) is 11.5 Å². The van der Waals surface area contributed by atoms with Crippen LogP contribution in [0.2, 0.25) is 0 Å². The van der Waals surface area contributed by atoms with Crippen LogP contribution in [-0.2, 0) is 20.7 Å². The summed E-state index contributed by atoms with van der Waals surface area (Å²) >= 11 is -1.55. The monoisotopic (exact) mass is 200 g/mol. The van der Waals surface area contributed by atoms with Gasteiger partial charge in [0.05, 0.1) is 0 Å². The second-order valence-electron chi connectivity index (χ2n) is 2.28. The van der Waals surface area contributed by atoms with Gasteiger partial charge in [-0.25, -0.2) is 4.79 Å². The Morgan fingerprint density at radius 1 is 1.62 bits per heavy atom. The Balaban J connectivity index is 4.17. The van der Waals surface area contributed by atoms with Crippen molar-refractivity contribution in [3.63, 3.8) is 0 Å². The molecule has 0 radical (unpaired) electrons. The van der Waals surface area contributed by atoms with Crippen LogP contribution in [0.3, 0.4) is 0 Å². The van der Waals surface area contributed by atoms with Crippen molar-refractivity contribution in [3.8, 4) is 0 Å². The molecule has 3 nitrogen and oxygen atoms in total. The van der Waals surface area contributed by atoms with Crippen molar-refractivity contribution in [2.45, 2.75) is 6.92 Å². The molecule has 0 aliphatic carbocycles. The topological polar surface area (TPSA) is 49.4 Å². The summed E-state index contributed by atoms with van der Waals surface area (Å²) in [5.74, 6) is -0.679. The fraction of sp³-hybridized carbons (Fsp3) is 0.222. The molecule has 0 fully saturated rings. The van der Waals surface area contributed by atoms with Crippen molar-refractivity contribution in [3.05, 3.63) is 35.6 Å². The van der Waals surface area contributed by atoms with Crippen LogP contribution in [0.1, 0.15) is 6.92 Å². The first-order valence-corrected chi connectivity index (χ1v) is 4.70. The third-order valence-corrected chi connectivity index (χ3v) is 2.35. The number of carbonyl (C=O) groups excluding carboxylic acids is 1. The molecule has 0 heterocycles. The van der Waals surface area contributed by atoms with E-state index in [0.717, 1.165) is 0 Å². The van der Waals surface area contributed by atoms with Gasteiger partial charge in [0, 0.05) is 18.1 Å². The maximum absolute atomic E-state index is 11.2. The lowest BCUT2D eigenvalue weighted by Gasteiger charge is -2.09. The SMILES string of the molecule is C=CCOC(=O)C(=C)[S+]([O-])C(=C)C. The van der Waals surface area contributed by atoms with Gasteiger partial charge in [-0.05, 0) is 13.2 Å². The summed E-state index contributed by atoms with van der Waals surface area (Å²) in [5.41, 5.74) is 0. The Bertz CT molecular complexity index is 245. The molecule has 0 amide bonds. The second kappa shape index (κ2) is 5.61. The van der Waals surface area contributed by atoms with Crippen molar-refractivity contribution in [1.29, 1.82) is 0 Å². The van der Waals surface area contributed by atoms with E-state index < -0.39 is 17.1 Å². The van der Waals surface area contributed by atoms with Gasteiger partial charge in [-0.1, -0.05) is 12.7 Å². The first-order chi connectivity index (χ1) is 6.00. The Morgan fingerprint density at radius 2 is 2.15 bits per heavy atom. The lowest BCUT2D eigenvalue weighted by molar-refractivity contribution is -0.136. The third-order valence-electron chi connectivity index (χ3n) is 1.10. The molecule has 0 aliphatic heterocycles. The van der Waals surface area contributed by atoms with Gasteiger partial charge in [0.25, 0.3) is 0 Å². The van der Waals surface area contributed by atoms with Crippen LogP contribution in [0.5, 0.6) is 0 Å². The van der Waals surface area contributed by atoms with E-state index in [0.29, 0.717) is 4.91 Å². The Hall–Kier alpha value is -1.00. The molecule has 72 valence electrons. The van der Waals surface area contributed by atoms with Crippen molar-refractivity contribution in [2.75, 3.05) is 6.61 Å². The van der Waals surface area contributed by atoms with Crippen LogP contribution in [0, 0.1) is 0 Å². The molecule has 0 aromatic heterocycles. The third kappa shape index (κ3) is 3.96. The molecule has 0 aliphatic rings. The van der Waals surface area contributed by atoms with Crippen LogP contribution in [0.25, 0.3) is 0 Å². The summed E-state index contributed by atoms with van der Waals surface area (Å²) in [6, 6.07) is 0. The highest BCUT2D eigenvalue weighted by Gasteiger charge is 2.22. The molecule has 0 aromatic carbocycles. The highest BCUT2D eigenvalue weighted by atomic mass is 32.2. The molecular formula is C9H12O3S. The van der Waals surface area contributed by atoms with Crippen molar-refractivity contribution in [2.24, 2.45) is 0 Å². The van der Waals surface area contributed by atoms with Crippen LogP contribution in [0.15, 0.2) is 35.6 Å². The first kappa shape index (κ1) is 12.0. The van der Waals surface area contributed by atoms with E-state index in [2.05, 4.69) is 24.5 Å². The van der Waals surface area contributed by atoms with Crippen molar-refractivity contribution in [1.82, 2.24) is 0 Å². The minimum absolute atomic E-state index is 0.0885. The molecule has 0 bridgehead atoms. The normalized spacial score (nSPS) is 11.5. The van der Waals surface area contributed by atoms with E-state index >= 15 is 0 Å². The predicted octanol–water partition coefficient (Wildman–Crippen LogP) is 1.51.